The molecule has 7 heteroatoms. The predicted octanol–water partition coefficient (Wildman–Crippen LogP) is 6.02. The summed E-state index contributed by atoms with van der Waals surface area (Å²) in [5, 5.41) is 10.0. The van der Waals surface area contributed by atoms with Crippen molar-refractivity contribution in [2.24, 2.45) is 0 Å². The number of para-hydroxylation sites is 1. The van der Waals surface area contributed by atoms with Gasteiger partial charge in [-0.05, 0) is 45.5 Å². The summed E-state index contributed by atoms with van der Waals surface area (Å²) >= 11 is 3.33. The molecular formula is C17H28BrNO4Si. The molecule has 1 atom stereocenters. The number of nitrogens with zero attached hydrogens (tertiary/aromatic N) is 1. The van der Waals surface area contributed by atoms with E-state index in [1.165, 1.54) is 0 Å². The molecule has 0 heterocycles. The van der Waals surface area contributed by atoms with Gasteiger partial charge in [0, 0.05) is 5.56 Å². The zero-order valence-corrected chi connectivity index (χ0v) is 18.1. The van der Waals surface area contributed by atoms with Crippen LogP contribution in [0.1, 0.15) is 54.0 Å². The van der Waals surface area contributed by atoms with E-state index in [9.17, 15) is 10.1 Å². The Hall–Kier alpha value is -1.08. The van der Waals surface area contributed by atoms with Crippen molar-refractivity contribution in [3.63, 3.8) is 0 Å². The van der Waals surface area contributed by atoms with Crippen molar-refractivity contribution in [3.05, 3.63) is 39.9 Å². The molecule has 1 unspecified atom stereocenters. The highest BCUT2D eigenvalue weighted by Gasteiger charge is 2.48. The van der Waals surface area contributed by atoms with E-state index in [1.54, 1.807) is 13.0 Å². The first-order valence-electron chi connectivity index (χ1n) is 8.26. The van der Waals surface area contributed by atoms with E-state index in [-0.39, 0.29) is 0 Å². The fourth-order valence-electron chi connectivity index (χ4n) is 3.66. The quantitative estimate of drug-likeness (QED) is 0.224. The normalized spacial score (nSPS) is 14.8. The lowest BCUT2D eigenvalue weighted by Gasteiger charge is -2.43. The number of halogens is 1. The van der Waals surface area contributed by atoms with Crippen LogP contribution < -0.4 is 4.43 Å². The Morgan fingerprint density at radius 2 is 1.54 bits per heavy atom. The molecule has 0 saturated heterocycles. The number of hydrogen-bond donors (Lipinski definition) is 0. The summed E-state index contributed by atoms with van der Waals surface area (Å²) < 4.78 is 5.44. The fourth-order valence-corrected chi connectivity index (χ4v) is 9.37. The van der Waals surface area contributed by atoms with Crippen molar-refractivity contribution in [1.82, 2.24) is 0 Å². The van der Waals surface area contributed by atoms with E-state index < -0.39 is 17.9 Å². The van der Waals surface area contributed by atoms with E-state index >= 15 is 0 Å². The lowest BCUT2D eigenvalue weighted by Crippen LogP contribution is -2.51. The van der Waals surface area contributed by atoms with Crippen molar-refractivity contribution in [3.8, 4) is 5.75 Å². The molecule has 24 heavy (non-hydrogen) atoms. The van der Waals surface area contributed by atoms with Gasteiger partial charge in [-0.1, -0.05) is 59.7 Å². The Bertz CT molecular complexity index is 554. The second kappa shape index (κ2) is 7.87. The molecule has 0 aliphatic heterocycles. The molecule has 0 bridgehead atoms. The highest BCUT2D eigenvalue weighted by Crippen LogP contribution is 2.46. The Kier molecular flexibility index (Phi) is 6.87. The van der Waals surface area contributed by atoms with E-state index in [1.807, 2.05) is 18.2 Å². The lowest BCUT2D eigenvalue weighted by molar-refractivity contribution is -0.774. The van der Waals surface area contributed by atoms with Crippen molar-refractivity contribution in [2.75, 3.05) is 0 Å². The molecular weight excluding hydrogens is 390 g/mol. The topological polar surface area (TPSA) is 61.6 Å². The van der Waals surface area contributed by atoms with Gasteiger partial charge >= 0.3 is 0 Å². The third-order valence-electron chi connectivity index (χ3n) is 4.61. The fraction of sp³-hybridized carbons (Fsp3) is 0.647. The van der Waals surface area contributed by atoms with Crippen LogP contribution in [-0.4, -0.2) is 13.4 Å². The SMILES string of the molecule is CC(C)[Si](Oc1ccccc1C(C)(Br)O[N+](=O)[O-])(C(C)C)C(C)C. The minimum absolute atomic E-state index is 0.406. The molecule has 0 aliphatic carbocycles. The van der Waals surface area contributed by atoms with Gasteiger partial charge in [0.1, 0.15) is 5.75 Å². The summed E-state index contributed by atoms with van der Waals surface area (Å²) in [5.74, 6) is 0.654. The summed E-state index contributed by atoms with van der Waals surface area (Å²) in [6.07, 6.45) is 0. The highest BCUT2D eigenvalue weighted by atomic mass is 79.9. The maximum absolute atomic E-state index is 10.8. The Morgan fingerprint density at radius 3 is 1.96 bits per heavy atom. The number of rotatable bonds is 8. The van der Waals surface area contributed by atoms with Gasteiger partial charge in [0.25, 0.3) is 13.4 Å². The minimum Gasteiger partial charge on any atom is -0.542 e. The van der Waals surface area contributed by atoms with Crippen LogP contribution in [0.25, 0.3) is 0 Å². The molecule has 0 fully saturated rings. The molecule has 5 nitrogen and oxygen atoms in total. The largest absolute Gasteiger partial charge is 0.542 e. The first kappa shape index (κ1) is 21.0. The third kappa shape index (κ3) is 4.30. The van der Waals surface area contributed by atoms with Crippen LogP contribution in [0.2, 0.25) is 16.6 Å². The van der Waals surface area contributed by atoms with Crippen LogP contribution in [0, 0.1) is 10.1 Å². The molecule has 0 spiro atoms. The van der Waals surface area contributed by atoms with Crippen LogP contribution in [0.5, 0.6) is 5.75 Å². The molecule has 0 saturated carbocycles. The van der Waals surface area contributed by atoms with Gasteiger partial charge in [-0.3, -0.25) is 4.84 Å². The van der Waals surface area contributed by atoms with Gasteiger partial charge in [-0.2, -0.15) is 0 Å². The molecule has 0 N–H and O–H groups in total. The van der Waals surface area contributed by atoms with Crippen LogP contribution in [0.3, 0.4) is 0 Å². The Balaban J connectivity index is 3.40. The number of benzene rings is 1. The van der Waals surface area contributed by atoms with E-state index in [2.05, 4.69) is 57.5 Å². The maximum Gasteiger partial charge on any atom is 0.296 e. The first-order valence-corrected chi connectivity index (χ1v) is 11.2. The molecule has 0 aliphatic rings. The molecule has 136 valence electrons. The van der Waals surface area contributed by atoms with Gasteiger partial charge in [0.2, 0.25) is 0 Å². The molecule has 1 aromatic rings. The zero-order valence-electron chi connectivity index (χ0n) is 15.5. The molecule has 0 aromatic heterocycles. The second-order valence-electron chi connectivity index (χ2n) is 7.15. The Morgan fingerprint density at radius 1 is 1.08 bits per heavy atom. The molecule has 1 aromatic carbocycles. The lowest BCUT2D eigenvalue weighted by atomic mass is 10.1. The summed E-state index contributed by atoms with van der Waals surface area (Å²) in [7, 11) is -2.16. The monoisotopic (exact) mass is 417 g/mol. The summed E-state index contributed by atoms with van der Waals surface area (Å²) in [5.41, 5.74) is 1.84. The van der Waals surface area contributed by atoms with Crippen LogP contribution >= 0.6 is 15.9 Å². The molecule has 1 rings (SSSR count). The summed E-state index contributed by atoms with van der Waals surface area (Å²) in [4.78, 5) is 15.7. The highest BCUT2D eigenvalue weighted by molar-refractivity contribution is 9.09. The molecule has 0 radical (unpaired) electrons. The second-order valence-corrected chi connectivity index (χ2v) is 14.0. The van der Waals surface area contributed by atoms with Crippen LogP contribution in [0.4, 0.5) is 0 Å². The number of hydrogen-bond acceptors (Lipinski definition) is 4. The summed E-state index contributed by atoms with van der Waals surface area (Å²) in [6.45, 7) is 14.8. The van der Waals surface area contributed by atoms with Gasteiger partial charge in [-0.15, -0.1) is 10.1 Å². The van der Waals surface area contributed by atoms with Gasteiger partial charge in [0.05, 0.1) is 0 Å². The van der Waals surface area contributed by atoms with Crippen molar-refractivity contribution < 1.29 is 14.4 Å². The van der Waals surface area contributed by atoms with Gasteiger partial charge < -0.3 is 4.43 Å². The maximum atomic E-state index is 10.8. The van der Waals surface area contributed by atoms with Crippen molar-refractivity contribution in [1.29, 1.82) is 0 Å². The van der Waals surface area contributed by atoms with Gasteiger partial charge in [-0.25, -0.2) is 0 Å². The third-order valence-corrected chi connectivity index (χ3v) is 11.2. The van der Waals surface area contributed by atoms with Crippen molar-refractivity contribution in [2.45, 2.75) is 69.6 Å². The average Bonchev–Trinajstić information content (AvgIpc) is 2.42. The Labute approximate surface area is 154 Å². The van der Waals surface area contributed by atoms with E-state index in [4.69, 9.17) is 9.26 Å². The number of alkyl halides is 1. The van der Waals surface area contributed by atoms with E-state index in [0.717, 1.165) is 0 Å². The van der Waals surface area contributed by atoms with Crippen LogP contribution in [-0.2, 0) is 9.35 Å². The van der Waals surface area contributed by atoms with Gasteiger partial charge in [0.15, 0.2) is 4.51 Å². The van der Waals surface area contributed by atoms with Crippen molar-refractivity contribution >= 4 is 24.2 Å². The zero-order chi connectivity index (χ0) is 18.7. The minimum atomic E-state index is -2.16. The average molecular weight is 418 g/mol. The first-order chi connectivity index (χ1) is 10.9. The smallest absolute Gasteiger partial charge is 0.296 e. The predicted molar refractivity (Wildman–Crippen MR) is 102 cm³/mol. The van der Waals surface area contributed by atoms with E-state index in [0.29, 0.717) is 27.9 Å². The standard InChI is InChI=1S/C17H28BrNO4Si/c1-12(2)24(13(3)4,14(5)6)22-16-11-9-8-10-15(16)17(7,18)23-19(20)21/h8-14H,1-7H3. The van der Waals surface area contributed by atoms with Crippen LogP contribution in [0.15, 0.2) is 24.3 Å². The summed E-state index contributed by atoms with van der Waals surface area (Å²) in [6, 6.07) is 7.38. The molecule has 0 amide bonds.